The standard InChI is InChI=1S/C15H13Cl2N3O/c1-21-13-5-3-2-4-10(13)9-20-14(7-16)19-12-6-11(17)8-18-15(12)20/h2-6,8H,7,9H2,1H3. The van der Waals surface area contributed by atoms with Crippen molar-refractivity contribution in [2.24, 2.45) is 0 Å². The number of ether oxygens (including phenoxy) is 1. The molecule has 0 saturated carbocycles. The van der Waals surface area contributed by atoms with Crippen LogP contribution in [0.15, 0.2) is 36.5 Å². The Morgan fingerprint density at radius 2 is 2.10 bits per heavy atom. The summed E-state index contributed by atoms with van der Waals surface area (Å²) >= 11 is 12.0. The number of hydrogen-bond acceptors (Lipinski definition) is 3. The lowest BCUT2D eigenvalue weighted by Gasteiger charge is -2.11. The number of alkyl halides is 1. The molecule has 0 amide bonds. The van der Waals surface area contributed by atoms with E-state index in [9.17, 15) is 0 Å². The second-order valence-corrected chi connectivity index (χ2v) is 5.26. The Hall–Kier alpha value is -1.78. The van der Waals surface area contributed by atoms with Crippen LogP contribution in [0.25, 0.3) is 11.2 Å². The lowest BCUT2D eigenvalue weighted by molar-refractivity contribution is 0.408. The van der Waals surface area contributed by atoms with Crippen molar-refractivity contribution in [3.63, 3.8) is 0 Å². The molecule has 3 aromatic rings. The van der Waals surface area contributed by atoms with Crippen LogP contribution in [0.2, 0.25) is 5.02 Å². The van der Waals surface area contributed by atoms with Gasteiger partial charge in [0.2, 0.25) is 0 Å². The molecule has 0 aliphatic rings. The van der Waals surface area contributed by atoms with E-state index in [0.717, 1.165) is 28.3 Å². The van der Waals surface area contributed by atoms with E-state index in [2.05, 4.69) is 9.97 Å². The molecule has 108 valence electrons. The molecule has 0 saturated heterocycles. The molecule has 2 aromatic heterocycles. The molecule has 21 heavy (non-hydrogen) atoms. The van der Waals surface area contributed by atoms with Crippen LogP contribution in [0.3, 0.4) is 0 Å². The van der Waals surface area contributed by atoms with Gasteiger partial charge in [-0.05, 0) is 12.1 Å². The predicted octanol–water partition coefficient (Wildman–Crippen LogP) is 3.88. The molecule has 0 spiro atoms. The van der Waals surface area contributed by atoms with Crippen molar-refractivity contribution in [2.75, 3.05) is 7.11 Å². The van der Waals surface area contributed by atoms with Crippen molar-refractivity contribution >= 4 is 34.4 Å². The summed E-state index contributed by atoms with van der Waals surface area (Å²) < 4.78 is 7.37. The van der Waals surface area contributed by atoms with Crippen LogP contribution in [0.4, 0.5) is 0 Å². The summed E-state index contributed by atoms with van der Waals surface area (Å²) in [5.74, 6) is 1.89. The Morgan fingerprint density at radius 1 is 1.29 bits per heavy atom. The summed E-state index contributed by atoms with van der Waals surface area (Å²) in [7, 11) is 1.66. The molecule has 0 aliphatic carbocycles. The Balaban J connectivity index is 2.11. The second-order valence-electron chi connectivity index (χ2n) is 4.56. The maximum absolute atomic E-state index is 6.01. The third kappa shape index (κ3) is 2.69. The Labute approximate surface area is 132 Å². The molecule has 0 N–H and O–H groups in total. The van der Waals surface area contributed by atoms with Gasteiger partial charge in [-0.3, -0.25) is 0 Å². The monoisotopic (exact) mass is 321 g/mol. The maximum atomic E-state index is 6.01. The molecular weight excluding hydrogens is 309 g/mol. The van der Waals surface area contributed by atoms with Crippen molar-refractivity contribution in [1.82, 2.24) is 14.5 Å². The van der Waals surface area contributed by atoms with E-state index in [1.807, 2.05) is 28.8 Å². The number of halogens is 2. The average Bonchev–Trinajstić information content (AvgIpc) is 2.84. The van der Waals surface area contributed by atoms with Crippen LogP contribution in [0.5, 0.6) is 5.75 Å². The Morgan fingerprint density at radius 3 is 2.86 bits per heavy atom. The highest BCUT2D eigenvalue weighted by Gasteiger charge is 2.13. The van der Waals surface area contributed by atoms with Crippen molar-refractivity contribution < 1.29 is 4.74 Å². The van der Waals surface area contributed by atoms with Gasteiger partial charge in [0.1, 0.15) is 17.1 Å². The lowest BCUT2D eigenvalue weighted by Crippen LogP contribution is -2.06. The number of pyridine rings is 1. The minimum Gasteiger partial charge on any atom is -0.496 e. The van der Waals surface area contributed by atoms with Crippen LogP contribution in [0, 0.1) is 0 Å². The highest BCUT2D eigenvalue weighted by molar-refractivity contribution is 6.31. The van der Waals surface area contributed by atoms with E-state index in [4.69, 9.17) is 27.9 Å². The molecule has 0 bridgehead atoms. The van der Waals surface area contributed by atoms with Gasteiger partial charge in [0.25, 0.3) is 0 Å². The summed E-state index contributed by atoms with van der Waals surface area (Å²) in [4.78, 5) is 8.86. The van der Waals surface area contributed by atoms with Gasteiger partial charge in [0.15, 0.2) is 5.65 Å². The van der Waals surface area contributed by atoms with E-state index in [-0.39, 0.29) is 0 Å². The van der Waals surface area contributed by atoms with Crippen molar-refractivity contribution in [1.29, 1.82) is 0 Å². The number of aromatic nitrogens is 3. The third-order valence-electron chi connectivity index (χ3n) is 3.27. The van der Waals surface area contributed by atoms with Crippen molar-refractivity contribution in [3.05, 3.63) is 52.9 Å². The van der Waals surface area contributed by atoms with Gasteiger partial charge in [0, 0.05) is 11.8 Å². The third-order valence-corrected chi connectivity index (χ3v) is 3.72. The SMILES string of the molecule is COc1ccccc1Cn1c(CCl)nc2cc(Cl)cnc21. The number of rotatable bonds is 4. The van der Waals surface area contributed by atoms with Gasteiger partial charge in [-0.2, -0.15) is 0 Å². The zero-order chi connectivity index (χ0) is 14.8. The van der Waals surface area contributed by atoms with Gasteiger partial charge in [0.05, 0.1) is 24.6 Å². The van der Waals surface area contributed by atoms with Crippen LogP contribution in [-0.2, 0) is 12.4 Å². The number of imidazole rings is 1. The maximum Gasteiger partial charge on any atom is 0.160 e. The number of hydrogen-bond donors (Lipinski definition) is 0. The lowest BCUT2D eigenvalue weighted by atomic mass is 10.2. The smallest absolute Gasteiger partial charge is 0.160 e. The summed E-state index contributed by atoms with van der Waals surface area (Å²) in [5, 5.41) is 0.561. The van der Waals surface area contributed by atoms with Crippen molar-refractivity contribution in [2.45, 2.75) is 12.4 Å². The molecule has 3 rings (SSSR count). The van der Waals surface area contributed by atoms with E-state index < -0.39 is 0 Å². The minimum absolute atomic E-state index is 0.309. The Kier molecular flexibility index (Phi) is 3.99. The second kappa shape index (κ2) is 5.92. The first kappa shape index (κ1) is 14.2. The van der Waals surface area contributed by atoms with E-state index in [1.54, 1.807) is 19.4 Å². The fourth-order valence-corrected chi connectivity index (χ4v) is 2.66. The van der Waals surface area contributed by atoms with Gasteiger partial charge in [-0.1, -0.05) is 29.8 Å². The number of methoxy groups -OCH3 is 1. The number of benzene rings is 1. The molecule has 6 heteroatoms. The molecule has 0 radical (unpaired) electrons. The van der Waals surface area contributed by atoms with Gasteiger partial charge >= 0.3 is 0 Å². The number of fused-ring (bicyclic) bond motifs is 1. The fourth-order valence-electron chi connectivity index (χ4n) is 2.31. The molecular formula is C15H13Cl2N3O. The van der Waals surface area contributed by atoms with E-state index >= 15 is 0 Å². The minimum atomic E-state index is 0.309. The molecule has 0 fully saturated rings. The predicted molar refractivity (Wildman–Crippen MR) is 84.2 cm³/mol. The zero-order valence-electron chi connectivity index (χ0n) is 11.4. The van der Waals surface area contributed by atoms with Crippen LogP contribution in [-0.4, -0.2) is 21.6 Å². The average molecular weight is 322 g/mol. The number of para-hydroxylation sites is 1. The van der Waals surface area contributed by atoms with Crippen LogP contribution in [0.1, 0.15) is 11.4 Å². The summed E-state index contributed by atoms with van der Waals surface area (Å²) in [6.45, 7) is 0.594. The fraction of sp³-hybridized carbons (Fsp3) is 0.200. The zero-order valence-corrected chi connectivity index (χ0v) is 12.9. The topological polar surface area (TPSA) is 39.9 Å². The first-order valence-corrected chi connectivity index (χ1v) is 7.32. The normalized spacial score (nSPS) is 11.0. The van der Waals surface area contributed by atoms with Crippen LogP contribution >= 0.6 is 23.2 Å². The largest absolute Gasteiger partial charge is 0.496 e. The molecule has 1 aromatic carbocycles. The molecule has 0 unspecified atom stereocenters. The van der Waals surface area contributed by atoms with Gasteiger partial charge < -0.3 is 9.30 Å². The molecule has 4 nitrogen and oxygen atoms in total. The molecule has 0 atom stereocenters. The Bertz CT molecular complexity index is 786. The summed E-state index contributed by atoms with van der Waals surface area (Å²) in [6.07, 6.45) is 1.61. The highest BCUT2D eigenvalue weighted by Crippen LogP contribution is 2.24. The summed E-state index contributed by atoms with van der Waals surface area (Å²) in [6, 6.07) is 9.65. The van der Waals surface area contributed by atoms with Crippen molar-refractivity contribution in [3.8, 4) is 5.75 Å². The van der Waals surface area contributed by atoms with E-state index in [1.165, 1.54) is 0 Å². The quantitative estimate of drug-likeness (QED) is 0.684. The molecule has 0 aliphatic heterocycles. The van der Waals surface area contributed by atoms with E-state index in [0.29, 0.717) is 17.4 Å². The first-order chi connectivity index (χ1) is 10.2. The van der Waals surface area contributed by atoms with Gasteiger partial charge in [-0.15, -0.1) is 11.6 Å². The molecule has 2 heterocycles. The van der Waals surface area contributed by atoms with Gasteiger partial charge in [-0.25, -0.2) is 9.97 Å². The highest BCUT2D eigenvalue weighted by atomic mass is 35.5. The van der Waals surface area contributed by atoms with Crippen LogP contribution < -0.4 is 4.74 Å². The first-order valence-electron chi connectivity index (χ1n) is 6.41. The number of nitrogens with zero attached hydrogens (tertiary/aromatic N) is 3. The summed E-state index contributed by atoms with van der Waals surface area (Å²) in [5.41, 5.74) is 2.55.